The van der Waals surface area contributed by atoms with Gasteiger partial charge in [-0.1, -0.05) is 12.1 Å². The Morgan fingerprint density at radius 3 is 2.47 bits per heavy atom. The molecule has 0 saturated carbocycles. The Labute approximate surface area is 175 Å². The van der Waals surface area contributed by atoms with Gasteiger partial charge in [-0.25, -0.2) is 13.2 Å². The zero-order valence-electron chi connectivity index (χ0n) is 17.2. The number of methoxy groups -OCH3 is 1. The van der Waals surface area contributed by atoms with E-state index in [9.17, 15) is 13.2 Å². The lowest BCUT2D eigenvalue weighted by atomic mass is 9.91. The molecule has 0 unspecified atom stereocenters. The maximum absolute atomic E-state index is 13.1. The summed E-state index contributed by atoms with van der Waals surface area (Å²) in [5.74, 6) is 0.857. The smallest absolute Gasteiger partial charge is 0.419 e. The van der Waals surface area contributed by atoms with Gasteiger partial charge >= 0.3 is 5.76 Å². The molecular formula is C22H26N2O5S. The molecule has 0 radical (unpaired) electrons. The Hall–Kier alpha value is -2.58. The predicted octanol–water partition coefficient (Wildman–Crippen LogP) is 3.17. The maximum atomic E-state index is 13.1. The van der Waals surface area contributed by atoms with E-state index in [1.54, 1.807) is 30.6 Å². The van der Waals surface area contributed by atoms with Crippen LogP contribution in [0.25, 0.3) is 11.1 Å². The van der Waals surface area contributed by atoms with Gasteiger partial charge in [-0.3, -0.25) is 4.57 Å². The minimum absolute atomic E-state index is 0.168. The summed E-state index contributed by atoms with van der Waals surface area (Å²) >= 11 is 0. The van der Waals surface area contributed by atoms with Crippen molar-refractivity contribution in [1.29, 1.82) is 0 Å². The van der Waals surface area contributed by atoms with Crippen molar-refractivity contribution in [3.05, 3.63) is 58.6 Å². The molecule has 160 valence electrons. The Bertz CT molecular complexity index is 1190. The molecule has 0 bridgehead atoms. The molecular weight excluding hydrogens is 404 g/mol. The van der Waals surface area contributed by atoms with Crippen molar-refractivity contribution in [2.45, 2.75) is 30.6 Å². The second kappa shape index (κ2) is 8.28. The monoisotopic (exact) mass is 430 g/mol. The average Bonchev–Trinajstić information content (AvgIpc) is 3.06. The van der Waals surface area contributed by atoms with Gasteiger partial charge in [0.2, 0.25) is 10.0 Å². The van der Waals surface area contributed by atoms with Crippen LogP contribution in [0.15, 0.2) is 56.6 Å². The van der Waals surface area contributed by atoms with E-state index in [1.165, 1.54) is 16.2 Å². The predicted molar refractivity (Wildman–Crippen MR) is 114 cm³/mol. The number of hydrogen-bond acceptors (Lipinski definition) is 5. The summed E-state index contributed by atoms with van der Waals surface area (Å²) < 4.78 is 39.3. The average molecular weight is 431 g/mol. The third-order valence-electron chi connectivity index (χ3n) is 5.98. The topological polar surface area (TPSA) is 81.8 Å². The van der Waals surface area contributed by atoms with Crippen LogP contribution in [0.4, 0.5) is 0 Å². The van der Waals surface area contributed by atoms with Crippen molar-refractivity contribution in [3.63, 3.8) is 0 Å². The molecule has 7 nitrogen and oxygen atoms in total. The highest BCUT2D eigenvalue weighted by atomic mass is 32.2. The van der Waals surface area contributed by atoms with E-state index in [-0.39, 0.29) is 10.5 Å². The third kappa shape index (κ3) is 4.02. The van der Waals surface area contributed by atoms with Crippen molar-refractivity contribution in [1.82, 2.24) is 8.87 Å². The number of piperidine rings is 1. The number of aryl methyl sites for hydroxylation is 2. The van der Waals surface area contributed by atoms with E-state index >= 15 is 0 Å². The first-order valence-corrected chi connectivity index (χ1v) is 11.5. The zero-order valence-corrected chi connectivity index (χ0v) is 18.0. The van der Waals surface area contributed by atoms with Gasteiger partial charge in [0.25, 0.3) is 0 Å². The molecule has 1 aliphatic heterocycles. The summed E-state index contributed by atoms with van der Waals surface area (Å²) in [7, 11) is -0.354. The molecule has 0 atom stereocenters. The minimum Gasteiger partial charge on any atom is -0.497 e. The van der Waals surface area contributed by atoms with Gasteiger partial charge in [0.15, 0.2) is 5.58 Å². The molecule has 0 N–H and O–H groups in total. The number of sulfonamides is 1. The lowest BCUT2D eigenvalue weighted by Gasteiger charge is -2.31. The minimum atomic E-state index is -3.61. The van der Waals surface area contributed by atoms with Gasteiger partial charge in [-0.2, -0.15) is 4.31 Å². The van der Waals surface area contributed by atoms with Crippen molar-refractivity contribution in [2.24, 2.45) is 13.0 Å². The first-order valence-electron chi connectivity index (χ1n) is 10.1. The number of oxazole rings is 1. The number of hydrogen-bond donors (Lipinski definition) is 0. The zero-order chi connectivity index (χ0) is 21.3. The molecule has 2 aromatic carbocycles. The lowest BCUT2D eigenvalue weighted by molar-refractivity contribution is 0.263. The molecule has 1 fully saturated rings. The maximum Gasteiger partial charge on any atom is 0.419 e. The normalized spacial score (nSPS) is 16.2. The van der Waals surface area contributed by atoms with Gasteiger partial charge in [-0.05, 0) is 61.4 Å². The van der Waals surface area contributed by atoms with Crippen LogP contribution in [0, 0.1) is 5.92 Å². The molecule has 4 rings (SSSR count). The summed E-state index contributed by atoms with van der Waals surface area (Å²) in [6.45, 7) is 1.01. The second-order valence-corrected chi connectivity index (χ2v) is 9.73. The van der Waals surface area contributed by atoms with Gasteiger partial charge in [0.1, 0.15) is 5.75 Å². The number of ether oxygens (including phenoxy) is 1. The molecule has 8 heteroatoms. The van der Waals surface area contributed by atoms with Crippen LogP contribution in [0.5, 0.6) is 5.75 Å². The molecule has 0 spiro atoms. The second-order valence-electron chi connectivity index (χ2n) is 7.79. The highest BCUT2D eigenvalue weighted by molar-refractivity contribution is 7.89. The summed E-state index contributed by atoms with van der Waals surface area (Å²) in [5, 5.41) is 0. The van der Waals surface area contributed by atoms with Gasteiger partial charge in [-0.15, -0.1) is 0 Å². The van der Waals surface area contributed by atoms with E-state index in [1.807, 2.05) is 12.1 Å². The number of aromatic nitrogens is 1. The van der Waals surface area contributed by atoms with Crippen LogP contribution >= 0.6 is 0 Å². The lowest BCUT2D eigenvalue weighted by Crippen LogP contribution is -2.38. The van der Waals surface area contributed by atoms with Crippen LogP contribution in [0.1, 0.15) is 24.8 Å². The molecule has 0 aliphatic carbocycles. The Morgan fingerprint density at radius 1 is 1.10 bits per heavy atom. The summed E-state index contributed by atoms with van der Waals surface area (Å²) in [6, 6.07) is 12.7. The molecule has 0 amide bonds. The van der Waals surface area contributed by atoms with Crippen molar-refractivity contribution < 1.29 is 17.6 Å². The number of fused-ring (bicyclic) bond motifs is 1. The quantitative estimate of drug-likeness (QED) is 0.600. The van der Waals surface area contributed by atoms with Gasteiger partial charge in [0, 0.05) is 26.2 Å². The van der Waals surface area contributed by atoms with Crippen molar-refractivity contribution >= 4 is 21.1 Å². The first kappa shape index (κ1) is 20.7. The molecule has 2 heterocycles. The van der Waals surface area contributed by atoms with Crippen molar-refractivity contribution in [2.75, 3.05) is 20.2 Å². The Balaban J connectivity index is 1.38. The van der Waals surface area contributed by atoms with Crippen LogP contribution in [0.2, 0.25) is 0 Å². The number of rotatable bonds is 6. The largest absolute Gasteiger partial charge is 0.497 e. The molecule has 1 aliphatic rings. The van der Waals surface area contributed by atoms with Crippen LogP contribution in [-0.4, -0.2) is 37.5 Å². The molecule has 1 aromatic heterocycles. The summed E-state index contributed by atoms with van der Waals surface area (Å²) in [4.78, 5) is 11.8. The number of benzene rings is 2. The fraction of sp³-hybridized carbons (Fsp3) is 0.409. The van der Waals surface area contributed by atoms with Gasteiger partial charge in [0.05, 0.1) is 17.5 Å². The van der Waals surface area contributed by atoms with Crippen LogP contribution < -0.4 is 10.5 Å². The number of nitrogens with zero attached hydrogens (tertiary/aromatic N) is 2. The summed E-state index contributed by atoms with van der Waals surface area (Å²) in [6.07, 6.45) is 3.71. The van der Waals surface area contributed by atoms with Gasteiger partial charge < -0.3 is 9.15 Å². The van der Waals surface area contributed by atoms with Crippen LogP contribution in [-0.2, 0) is 23.5 Å². The standard InChI is InChI=1S/C22H26N2O5S/c1-23-20-10-9-19(15-21(20)29-22(23)25)30(26,27)24-13-11-17(12-14-24)4-3-16-5-7-18(28-2)8-6-16/h5-10,15,17H,3-4,11-14H2,1-2H3. The first-order chi connectivity index (χ1) is 14.4. The highest BCUT2D eigenvalue weighted by Gasteiger charge is 2.29. The SMILES string of the molecule is COc1ccc(CCC2CCN(S(=O)(=O)c3ccc4c(c3)oc(=O)n4C)CC2)cc1. The Morgan fingerprint density at radius 2 is 1.80 bits per heavy atom. The Kier molecular flexibility index (Phi) is 5.71. The fourth-order valence-corrected chi connectivity index (χ4v) is 5.51. The molecule has 30 heavy (non-hydrogen) atoms. The van der Waals surface area contributed by atoms with E-state index in [4.69, 9.17) is 9.15 Å². The molecule has 1 saturated heterocycles. The van der Waals surface area contributed by atoms with E-state index in [0.29, 0.717) is 24.5 Å². The molecule has 3 aromatic rings. The third-order valence-corrected chi connectivity index (χ3v) is 7.87. The van der Waals surface area contributed by atoms with E-state index in [0.717, 1.165) is 31.4 Å². The van der Waals surface area contributed by atoms with Crippen LogP contribution in [0.3, 0.4) is 0 Å². The highest BCUT2D eigenvalue weighted by Crippen LogP contribution is 2.28. The fourth-order valence-electron chi connectivity index (χ4n) is 4.02. The van der Waals surface area contributed by atoms with Crippen molar-refractivity contribution in [3.8, 4) is 5.75 Å². The summed E-state index contributed by atoms with van der Waals surface area (Å²) in [5.41, 5.74) is 2.14. The van der Waals surface area contributed by atoms with E-state index < -0.39 is 15.8 Å². The van der Waals surface area contributed by atoms with E-state index in [2.05, 4.69) is 12.1 Å².